The van der Waals surface area contributed by atoms with Gasteiger partial charge in [0.2, 0.25) is 11.8 Å². The molecule has 0 spiro atoms. The number of aromatic amines is 1. The Kier molecular flexibility index (Phi) is 5.14. The highest BCUT2D eigenvalue weighted by Crippen LogP contribution is 2.46. The fourth-order valence-corrected chi connectivity index (χ4v) is 3.70. The number of anilines is 1. The standard InChI is InChI=1S/C24H27N3O2/c1-16(2)17-7-9-19(10-8-17)27-23(29)24(12-13-24)22(28)25-14-11-18-15-26-21-6-4-3-5-20(18)21/h3-10,15-16,26H,11-14H2,1-2H3,(H,25,28)(H,27,29). The summed E-state index contributed by atoms with van der Waals surface area (Å²) in [6.07, 6.45) is 3.91. The van der Waals surface area contributed by atoms with Gasteiger partial charge in [-0.15, -0.1) is 0 Å². The molecule has 0 aliphatic heterocycles. The Morgan fingerprint density at radius 2 is 1.76 bits per heavy atom. The van der Waals surface area contributed by atoms with Crippen LogP contribution in [0, 0.1) is 5.41 Å². The molecule has 5 heteroatoms. The Balaban J connectivity index is 1.33. The molecule has 1 aliphatic rings. The van der Waals surface area contributed by atoms with Gasteiger partial charge in [-0.25, -0.2) is 0 Å². The first-order valence-electron chi connectivity index (χ1n) is 10.2. The van der Waals surface area contributed by atoms with E-state index >= 15 is 0 Å². The first-order chi connectivity index (χ1) is 14.0. The summed E-state index contributed by atoms with van der Waals surface area (Å²) < 4.78 is 0. The van der Waals surface area contributed by atoms with Crippen molar-refractivity contribution < 1.29 is 9.59 Å². The van der Waals surface area contributed by atoms with Crippen LogP contribution in [-0.4, -0.2) is 23.3 Å². The van der Waals surface area contributed by atoms with Gasteiger partial charge in [0.25, 0.3) is 0 Å². The molecule has 0 atom stereocenters. The molecule has 0 saturated heterocycles. The molecule has 4 rings (SSSR count). The van der Waals surface area contributed by atoms with E-state index in [0.717, 1.165) is 17.6 Å². The van der Waals surface area contributed by atoms with Crippen LogP contribution in [0.2, 0.25) is 0 Å². The fraction of sp³-hybridized carbons (Fsp3) is 0.333. The van der Waals surface area contributed by atoms with Crippen molar-refractivity contribution in [1.82, 2.24) is 10.3 Å². The number of hydrogen-bond donors (Lipinski definition) is 3. The van der Waals surface area contributed by atoms with Gasteiger partial charge < -0.3 is 15.6 Å². The van der Waals surface area contributed by atoms with Crippen molar-refractivity contribution in [2.75, 3.05) is 11.9 Å². The van der Waals surface area contributed by atoms with Gasteiger partial charge in [-0.2, -0.15) is 0 Å². The second kappa shape index (κ2) is 7.74. The van der Waals surface area contributed by atoms with E-state index in [4.69, 9.17) is 0 Å². The molecule has 29 heavy (non-hydrogen) atoms. The predicted molar refractivity (Wildman–Crippen MR) is 116 cm³/mol. The lowest BCUT2D eigenvalue weighted by Crippen LogP contribution is -2.40. The minimum atomic E-state index is -0.920. The molecule has 0 radical (unpaired) electrons. The average molecular weight is 389 g/mol. The minimum Gasteiger partial charge on any atom is -0.361 e. The molecule has 150 valence electrons. The van der Waals surface area contributed by atoms with Gasteiger partial charge in [0, 0.05) is 29.3 Å². The van der Waals surface area contributed by atoms with Crippen LogP contribution in [0.15, 0.2) is 54.7 Å². The highest BCUT2D eigenvalue weighted by atomic mass is 16.2. The molecule has 2 amide bonds. The van der Waals surface area contributed by atoms with Crippen LogP contribution < -0.4 is 10.6 Å². The maximum atomic E-state index is 12.7. The summed E-state index contributed by atoms with van der Waals surface area (Å²) in [5, 5.41) is 7.05. The molecule has 0 bridgehead atoms. The number of fused-ring (bicyclic) bond motifs is 1. The largest absolute Gasteiger partial charge is 0.361 e. The van der Waals surface area contributed by atoms with E-state index in [0.29, 0.717) is 25.3 Å². The van der Waals surface area contributed by atoms with Gasteiger partial charge in [0.15, 0.2) is 0 Å². The maximum absolute atomic E-state index is 12.7. The van der Waals surface area contributed by atoms with E-state index in [1.54, 1.807) is 0 Å². The van der Waals surface area contributed by atoms with Crippen molar-refractivity contribution in [3.05, 3.63) is 65.9 Å². The van der Waals surface area contributed by atoms with Gasteiger partial charge in [0.1, 0.15) is 5.41 Å². The van der Waals surface area contributed by atoms with Crippen LogP contribution in [0.4, 0.5) is 5.69 Å². The summed E-state index contributed by atoms with van der Waals surface area (Å²) in [5.74, 6) is 0.0606. The van der Waals surface area contributed by atoms with Gasteiger partial charge in [-0.1, -0.05) is 44.2 Å². The van der Waals surface area contributed by atoms with Gasteiger partial charge in [0.05, 0.1) is 0 Å². The monoisotopic (exact) mass is 389 g/mol. The zero-order valence-electron chi connectivity index (χ0n) is 16.9. The number of aromatic nitrogens is 1. The molecule has 3 aromatic rings. The normalized spacial score (nSPS) is 14.7. The predicted octanol–water partition coefficient (Wildman–Crippen LogP) is 4.37. The third-order valence-corrected chi connectivity index (χ3v) is 5.81. The summed E-state index contributed by atoms with van der Waals surface area (Å²) in [5.41, 5.74) is 3.30. The first kappa shape index (κ1) is 19.2. The van der Waals surface area contributed by atoms with Crippen LogP contribution in [-0.2, 0) is 16.0 Å². The van der Waals surface area contributed by atoms with Crippen LogP contribution in [0.3, 0.4) is 0 Å². The number of carbonyl (C=O) groups is 2. The number of nitrogens with one attached hydrogen (secondary N) is 3. The van der Waals surface area contributed by atoms with E-state index in [1.807, 2.05) is 48.7 Å². The van der Waals surface area contributed by atoms with E-state index in [9.17, 15) is 9.59 Å². The second-order valence-corrected chi connectivity index (χ2v) is 8.18. The highest BCUT2D eigenvalue weighted by molar-refractivity contribution is 6.13. The van der Waals surface area contributed by atoms with E-state index in [-0.39, 0.29) is 11.8 Å². The number of amides is 2. The molecule has 1 saturated carbocycles. The number of H-pyrrole nitrogens is 1. The molecule has 0 unspecified atom stereocenters. The number of carbonyl (C=O) groups excluding carboxylic acids is 2. The Bertz CT molecular complexity index is 1030. The Morgan fingerprint density at radius 3 is 2.45 bits per heavy atom. The summed E-state index contributed by atoms with van der Waals surface area (Å²) in [6.45, 7) is 4.78. The van der Waals surface area contributed by atoms with Crippen LogP contribution in [0.25, 0.3) is 10.9 Å². The third kappa shape index (κ3) is 3.90. The SMILES string of the molecule is CC(C)c1ccc(NC(=O)C2(C(=O)NCCc3c[nH]c4ccccc34)CC2)cc1. The number of benzene rings is 2. The Labute approximate surface area is 170 Å². The molecule has 1 aromatic heterocycles. The summed E-state index contributed by atoms with van der Waals surface area (Å²) in [7, 11) is 0. The number of para-hydroxylation sites is 1. The van der Waals surface area contributed by atoms with Crippen molar-refractivity contribution in [2.24, 2.45) is 5.41 Å². The van der Waals surface area contributed by atoms with Crippen molar-refractivity contribution >= 4 is 28.4 Å². The first-order valence-corrected chi connectivity index (χ1v) is 10.2. The second-order valence-electron chi connectivity index (χ2n) is 8.18. The maximum Gasteiger partial charge on any atom is 0.240 e. The van der Waals surface area contributed by atoms with E-state index < -0.39 is 5.41 Å². The van der Waals surface area contributed by atoms with Crippen molar-refractivity contribution in [3.8, 4) is 0 Å². The molecule has 1 heterocycles. The van der Waals surface area contributed by atoms with Crippen LogP contribution in [0.1, 0.15) is 43.7 Å². The smallest absolute Gasteiger partial charge is 0.240 e. The van der Waals surface area contributed by atoms with Crippen LogP contribution >= 0.6 is 0 Å². The van der Waals surface area contributed by atoms with Gasteiger partial charge >= 0.3 is 0 Å². The number of hydrogen-bond acceptors (Lipinski definition) is 2. The Morgan fingerprint density at radius 1 is 1.03 bits per heavy atom. The topological polar surface area (TPSA) is 74.0 Å². The van der Waals surface area contributed by atoms with Crippen molar-refractivity contribution in [3.63, 3.8) is 0 Å². The van der Waals surface area contributed by atoms with Crippen molar-refractivity contribution in [1.29, 1.82) is 0 Å². The molecule has 1 aliphatic carbocycles. The lowest BCUT2D eigenvalue weighted by molar-refractivity contribution is -0.134. The van der Waals surface area contributed by atoms with Crippen LogP contribution in [0.5, 0.6) is 0 Å². The van der Waals surface area contributed by atoms with Crippen molar-refractivity contribution in [2.45, 2.75) is 39.0 Å². The average Bonchev–Trinajstić information content (AvgIpc) is 3.45. The molecular weight excluding hydrogens is 362 g/mol. The summed E-state index contributed by atoms with van der Waals surface area (Å²) in [4.78, 5) is 28.7. The lowest BCUT2D eigenvalue weighted by Gasteiger charge is -2.16. The minimum absolute atomic E-state index is 0.173. The summed E-state index contributed by atoms with van der Waals surface area (Å²) in [6, 6.07) is 15.9. The molecule has 3 N–H and O–H groups in total. The third-order valence-electron chi connectivity index (χ3n) is 5.81. The molecule has 5 nitrogen and oxygen atoms in total. The van der Waals surface area contributed by atoms with Gasteiger partial charge in [-0.05, 0) is 54.5 Å². The zero-order chi connectivity index (χ0) is 20.4. The highest BCUT2D eigenvalue weighted by Gasteiger charge is 2.56. The zero-order valence-corrected chi connectivity index (χ0v) is 16.9. The lowest BCUT2D eigenvalue weighted by atomic mass is 10.0. The molecular formula is C24H27N3O2. The number of rotatable bonds is 7. The summed E-state index contributed by atoms with van der Waals surface area (Å²) >= 11 is 0. The van der Waals surface area contributed by atoms with E-state index in [1.165, 1.54) is 16.5 Å². The Hall–Kier alpha value is -3.08. The molecule has 2 aromatic carbocycles. The van der Waals surface area contributed by atoms with Gasteiger partial charge in [-0.3, -0.25) is 9.59 Å². The quantitative estimate of drug-likeness (QED) is 0.525. The fourth-order valence-electron chi connectivity index (χ4n) is 3.70. The van der Waals surface area contributed by atoms with E-state index in [2.05, 4.69) is 35.5 Å². The molecule has 1 fully saturated rings.